The number of unbranched alkanes of at least 4 members (excludes halogenated alkanes) is 1. The van der Waals surface area contributed by atoms with Gasteiger partial charge in [-0.1, -0.05) is 49.6 Å². The summed E-state index contributed by atoms with van der Waals surface area (Å²) < 4.78 is 2.59. The van der Waals surface area contributed by atoms with E-state index in [0.717, 1.165) is 11.8 Å². The van der Waals surface area contributed by atoms with Crippen molar-refractivity contribution in [3.63, 3.8) is 0 Å². The molecule has 26 heavy (non-hydrogen) atoms. The molecule has 0 aliphatic carbocycles. The van der Waals surface area contributed by atoms with Crippen molar-refractivity contribution in [2.24, 2.45) is 0 Å². The number of hydrogen-bond acceptors (Lipinski definition) is 3. The fourth-order valence-corrected chi connectivity index (χ4v) is 7.67. The molecular formula is C22H32N2S2. The largest absolute Gasteiger partial charge is 0.335 e. The third-order valence-corrected chi connectivity index (χ3v) is 8.70. The highest BCUT2D eigenvalue weighted by atomic mass is 32.2. The SMILES string of the molecule is CCCCC1CCSC(CCCc2ccc(C)cc2)(Cn2ccnc2)S1. The van der Waals surface area contributed by atoms with E-state index < -0.39 is 0 Å². The predicted octanol–water partition coefficient (Wildman–Crippen LogP) is 6.34. The molecule has 2 unspecified atom stereocenters. The first-order valence-electron chi connectivity index (χ1n) is 10.0. The zero-order valence-electron chi connectivity index (χ0n) is 16.2. The normalized spacial score (nSPS) is 23.2. The minimum atomic E-state index is 0.308. The molecule has 1 aromatic carbocycles. The summed E-state index contributed by atoms with van der Waals surface area (Å²) in [5.41, 5.74) is 2.82. The number of benzene rings is 1. The van der Waals surface area contributed by atoms with Gasteiger partial charge in [0.05, 0.1) is 10.4 Å². The summed E-state index contributed by atoms with van der Waals surface area (Å²) in [5.74, 6) is 1.31. The molecule has 1 fully saturated rings. The maximum absolute atomic E-state index is 4.27. The zero-order chi connectivity index (χ0) is 18.2. The van der Waals surface area contributed by atoms with Gasteiger partial charge in [0.1, 0.15) is 0 Å². The third kappa shape index (κ3) is 5.82. The molecule has 4 heteroatoms. The average molecular weight is 389 g/mol. The Hall–Kier alpha value is -0.870. The van der Waals surface area contributed by atoms with Crippen LogP contribution in [-0.4, -0.2) is 24.6 Å². The molecule has 0 radical (unpaired) electrons. The molecule has 142 valence electrons. The molecule has 2 nitrogen and oxygen atoms in total. The van der Waals surface area contributed by atoms with Gasteiger partial charge in [-0.15, -0.1) is 23.5 Å². The third-order valence-electron chi connectivity index (χ3n) is 5.19. The Kier molecular flexibility index (Phi) is 7.56. The van der Waals surface area contributed by atoms with Crippen LogP contribution in [0.1, 0.15) is 56.6 Å². The van der Waals surface area contributed by atoms with Crippen LogP contribution in [0.4, 0.5) is 0 Å². The minimum absolute atomic E-state index is 0.308. The van der Waals surface area contributed by atoms with E-state index in [4.69, 9.17) is 0 Å². The van der Waals surface area contributed by atoms with E-state index in [0.29, 0.717) is 4.08 Å². The summed E-state index contributed by atoms with van der Waals surface area (Å²) in [6.07, 6.45) is 15.2. The molecule has 1 aliphatic heterocycles. The second-order valence-corrected chi connectivity index (χ2v) is 10.9. The highest BCUT2D eigenvalue weighted by Crippen LogP contribution is 2.51. The maximum Gasteiger partial charge on any atom is 0.0946 e. The maximum atomic E-state index is 4.27. The number of hydrogen-bond donors (Lipinski definition) is 0. The molecular weight excluding hydrogens is 356 g/mol. The van der Waals surface area contributed by atoms with E-state index in [1.165, 1.54) is 61.8 Å². The fourth-order valence-electron chi connectivity index (χ4n) is 3.68. The lowest BCUT2D eigenvalue weighted by molar-refractivity contribution is 0.555. The van der Waals surface area contributed by atoms with Gasteiger partial charge in [-0.25, -0.2) is 4.98 Å². The lowest BCUT2D eigenvalue weighted by Gasteiger charge is -2.40. The van der Waals surface area contributed by atoms with Crippen molar-refractivity contribution in [3.8, 4) is 0 Å². The zero-order valence-corrected chi connectivity index (χ0v) is 17.8. The van der Waals surface area contributed by atoms with Gasteiger partial charge in [-0.2, -0.15) is 0 Å². The van der Waals surface area contributed by atoms with Gasteiger partial charge in [0.15, 0.2) is 0 Å². The molecule has 0 amide bonds. The van der Waals surface area contributed by atoms with E-state index in [1.807, 2.05) is 12.5 Å². The first-order chi connectivity index (χ1) is 12.7. The van der Waals surface area contributed by atoms with Crippen molar-refractivity contribution in [2.75, 3.05) is 5.75 Å². The average Bonchev–Trinajstić information content (AvgIpc) is 3.15. The van der Waals surface area contributed by atoms with Crippen molar-refractivity contribution in [1.29, 1.82) is 0 Å². The number of thioether (sulfide) groups is 2. The van der Waals surface area contributed by atoms with Gasteiger partial charge >= 0.3 is 0 Å². The lowest BCUT2D eigenvalue weighted by atomic mass is 10.1. The molecule has 3 rings (SSSR count). The molecule has 1 saturated heterocycles. The molecule has 1 aliphatic rings. The number of nitrogens with zero attached hydrogens (tertiary/aromatic N) is 2. The van der Waals surface area contributed by atoms with Gasteiger partial charge in [0.2, 0.25) is 0 Å². The van der Waals surface area contributed by atoms with Crippen LogP contribution < -0.4 is 0 Å². The summed E-state index contributed by atoms with van der Waals surface area (Å²) in [6.45, 7) is 5.55. The van der Waals surface area contributed by atoms with E-state index in [9.17, 15) is 0 Å². The number of aryl methyl sites for hydroxylation is 2. The number of rotatable bonds is 9. The molecule has 2 heterocycles. The van der Waals surface area contributed by atoms with Crippen molar-refractivity contribution in [3.05, 3.63) is 54.1 Å². The van der Waals surface area contributed by atoms with E-state index in [1.54, 1.807) is 0 Å². The van der Waals surface area contributed by atoms with Crippen LogP contribution in [0.3, 0.4) is 0 Å². The summed E-state index contributed by atoms with van der Waals surface area (Å²) >= 11 is 4.47. The van der Waals surface area contributed by atoms with E-state index >= 15 is 0 Å². The van der Waals surface area contributed by atoms with Crippen molar-refractivity contribution < 1.29 is 0 Å². The monoisotopic (exact) mass is 388 g/mol. The van der Waals surface area contributed by atoms with Crippen LogP contribution in [0.15, 0.2) is 43.0 Å². The molecule has 2 atom stereocenters. The Balaban J connectivity index is 1.63. The second kappa shape index (κ2) is 9.89. The Labute approximate surface area is 167 Å². The fraction of sp³-hybridized carbons (Fsp3) is 0.591. The van der Waals surface area contributed by atoms with Crippen molar-refractivity contribution in [2.45, 2.75) is 74.7 Å². The van der Waals surface area contributed by atoms with E-state index in [-0.39, 0.29) is 0 Å². The Morgan fingerprint density at radius 3 is 2.81 bits per heavy atom. The number of aromatic nitrogens is 2. The van der Waals surface area contributed by atoms with Gasteiger partial charge in [-0.05, 0) is 50.3 Å². The van der Waals surface area contributed by atoms with Crippen molar-refractivity contribution in [1.82, 2.24) is 9.55 Å². The van der Waals surface area contributed by atoms with Crippen LogP contribution in [-0.2, 0) is 13.0 Å². The molecule has 0 spiro atoms. The lowest BCUT2D eigenvalue weighted by Crippen LogP contribution is -2.34. The molecule has 1 aromatic heterocycles. The Morgan fingerprint density at radius 2 is 2.08 bits per heavy atom. The Morgan fingerprint density at radius 1 is 1.23 bits per heavy atom. The minimum Gasteiger partial charge on any atom is -0.335 e. The van der Waals surface area contributed by atoms with Crippen LogP contribution >= 0.6 is 23.5 Å². The van der Waals surface area contributed by atoms with E-state index in [2.05, 4.69) is 77.4 Å². The predicted molar refractivity (Wildman–Crippen MR) is 117 cm³/mol. The first kappa shape index (κ1) is 19.9. The Bertz CT molecular complexity index is 639. The van der Waals surface area contributed by atoms with Gasteiger partial charge in [-0.3, -0.25) is 0 Å². The smallest absolute Gasteiger partial charge is 0.0946 e. The summed E-state index contributed by atoms with van der Waals surface area (Å²) in [6, 6.07) is 9.06. The molecule has 0 saturated carbocycles. The van der Waals surface area contributed by atoms with Crippen LogP contribution in [0.2, 0.25) is 0 Å². The molecule has 0 N–H and O–H groups in total. The summed E-state index contributed by atoms with van der Waals surface area (Å²) in [7, 11) is 0. The number of imidazole rings is 1. The summed E-state index contributed by atoms with van der Waals surface area (Å²) in [5, 5.41) is 0.832. The second-order valence-electron chi connectivity index (χ2n) is 7.50. The standard InChI is InChI=1S/C22H32N2S2/c1-3-4-7-21-12-16-25-22(26-21,17-24-15-14-23-18-24)13-5-6-20-10-8-19(2)9-11-20/h8-11,14-15,18,21H,3-7,12-13,16-17H2,1-2H3. The van der Waals surface area contributed by atoms with Crippen molar-refractivity contribution >= 4 is 23.5 Å². The van der Waals surface area contributed by atoms with Crippen LogP contribution in [0, 0.1) is 6.92 Å². The quantitative estimate of drug-likeness (QED) is 0.499. The molecule has 0 bridgehead atoms. The van der Waals surface area contributed by atoms with Crippen LogP contribution in [0.25, 0.3) is 0 Å². The van der Waals surface area contributed by atoms with Gasteiger partial charge in [0.25, 0.3) is 0 Å². The first-order valence-corrected chi connectivity index (χ1v) is 11.9. The highest BCUT2D eigenvalue weighted by molar-refractivity contribution is 8.19. The highest BCUT2D eigenvalue weighted by Gasteiger charge is 2.37. The topological polar surface area (TPSA) is 17.8 Å². The summed E-state index contributed by atoms with van der Waals surface area (Å²) in [4.78, 5) is 4.27. The van der Waals surface area contributed by atoms with Gasteiger partial charge in [0, 0.05) is 24.2 Å². The van der Waals surface area contributed by atoms with Gasteiger partial charge < -0.3 is 4.57 Å². The molecule has 2 aromatic rings. The van der Waals surface area contributed by atoms with Crippen LogP contribution in [0.5, 0.6) is 0 Å².